The average Bonchev–Trinajstić information content (AvgIpc) is 3.37. The van der Waals surface area contributed by atoms with E-state index < -0.39 is 26.8 Å². The van der Waals surface area contributed by atoms with Gasteiger partial charge in [0.15, 0.2) is 0 Å². The second kappa shape index (κ2) is 8.22. The summed E-state index contributed by atoms with van der Waals surface area (Å²) in [6, 6.07) is 3.00. The predicted octanol–water partition coefficient (Wildman–Crippen LogP) is 3.93. The van der Waals surface area contributed by atoms with Crippen LogP contribution in [0.4, 0.5) is 13.2 Å². The van der Waals surface area contributed by atoms with Crippen LogP contribution in [0.2, 0.25) is 5.02 Å². The van der Waals surface area contributed by atoms with Gasteiger partial charge in [0.1, 0.15) is 0 Å². The van der Waals surface area contributed by atoms with Gasteiger partial charge in [0, 0.05) is 19.1 Å². The van der Waals surface area contributed by atoms with E-state index >= 15 is 0 Å². The molecule has 0 bridgehead atoms. The van der Waals surface area contributed by atoms with Crippen LogP contribution in [-0.2, 0) is 16.2 Å². The number of hydrogen-bond acceptors (Lipinski definition) is 3. The van der Waals surface area contributed by atoms with Crippen molar-refractivity contribution in [3.63, 3.8) is 0 Å². The molecular formula is C16H21Cl2F3N2O2S. The van der Waals surface area contributed by atoms with Crippen molar-refractivity contribution < 1.29 is 21.6 Å². The SMILES string of the molecule is Cl.O=S(=O)(c1ccc(Cl)c(C(F)(F)F)c1)N1CCC(NCC2CC2)CC1. The van der Waals surface area contributed by atoms with Crippen LogP contribution in [0.1, 0.15) is 31.2 Å². The first kappa shape index (κ1) is 21.8. The minimum Gasteiger partial charge on any atom is -0.314 e. The van der Waals surface area contributed by atoms with E-state index in [2.05, 4.69) is 5.32 Å². The van der Waals surface area contributed by atoms with E-state index in [1.54, 1.807) is 0 Å². The summed E-state index contributed by atoms with van der Waals surface area (Å²) < 4.78 is 65.5. The Bertz CT molecular complexity index is 732. The van der Waals surface area contributed by atoms with Gasteiger partial charge in [0.2, 0.25) is 10.0 Å². The summed E-state index contributed by atoms with van der Waals surface area (Å²) in [5.41, 5.74) is -1.13. The molecule has 0 radical (unpaired) electrons. The lowest BCUT2D eigenvalue weighted by Crippen LogP contribution is -2.45. The molecule has 3 rings (SSSR count). The summed E-state index contributed by atoms with van der Waals surface area (Å²) in [6.45, 7) is 1.56. The standard InChI is InChI=1S/C16H20ClF3N2O2S.ClH/c17-15-4-3-13(9-14(15)16(18,19)20)25(23,24)22-7-5-12(6-8-22)21-10-11-1-2-11;/h3-4,9,11-12,21H,1-2,5-8,10H2;1H. The molecule has 1 saturated carbocycles. The highest BCUT2D eigenvalue weighted by molar-refractivity contribution is 7.89. The van der Waals surface area contributed by atoms with Crippen molar-refractivity contribution in [3.8, 4) is 0 Å². The molecule has 1 heterocycles. The Morgan fingerprint density at radius 2 is 1.77 bits per heavy atom. The van der Waals surface area contributed by atoms with Gasteiger partial charge in [0.05, 0.1) is 15.5 Å². The van der Waals surface area contributed by atoms with Gasteiger partial charge < -0.3 is 5.32 Å². The zero-order valence-corrected chi connectivity index (χ0v) is 16.3. The third-order valence-corrected chi connectivity index (χ3v) is 6.95. The van der Waals surface area contributed by atoms with Gasteiger partial charge in [-0.05, 0) is 56.3 Å². The molecule has 0 aromatic heterocycles. The van der Waals surface area contributed by atoms with Gasteiger partial charge in [-0.1, -0.05) is 11.6 Å². The molecule has 1 N–H and O–H groups in total. The van der Waals surface area contributed by atoms with Crippen LogP contribution in [0.3, 0.4) is 0 Å². The molecule has 1 aliphatic heterocycles. The molecule has 1 aromatic carbocycles. The Morgan fingerprint density at radius 3 is 2.31 bits per heavy atom. The second-order valence-corrected chi connectivity index (χ2v) is 9.01. The summed E-state index contributed by atoms with van der Waals surface area (Å²) in [5, 5.41) is 2.94. The van der Waals surface area contributed by atoms with Crippen LogP contribution >= 0.6 is 24.0 Å². The summed E-state index contributed by atoms with van der Waals surface area (Å²) in [7, 11) is -3.96. The zero-order valence-electron chi connectivity index (χ0n) is 13.9. The van der Waals surface area contributed by atoms with Crippen LogP contribution in [-0.4, -0.2) is 38.4 Å². The fourth-order valence-corrected chi connectivity index (χ4v) is 4.71. The second-order valence-electron chi connectivity index (χ2n) is 6.67. The molecule has 1 saturated heterocycles. The van der Waals surface area contributed by atoms with Gasteiger partial charge in [0.25, 0.3) is 0 Å². The lowest BCUT2D eigenvalue weighted by atomic mass is 10.1. The van der Waals surface area contributed by atoms with Crippen molar-refractivity contribution in [2.45, 2.75) is 42.8 Å². The minimum absolute atomic E-state index is 0. The molecule has 26 heavy (non-hydrogen) atoms. The van der Waals surface area contributed by atoms with Crippen LogP contribution in [0.5, 0.6) is 0 Å². The molecular weight excluding hydrogens is 412 g/mol. The maximum absolute atomic E-state index is 13.0. The topological polar surface area (TPSA) is 49.4 Å². The molecule has 0 spiro atoms. The first-order chi connectivity index (χ1) is 11.7. The molecule has 0 unspecified atom stereocenters. The minimum atomic E-state index is -4.69. The van der Waals surface area contributed by atoms with E-state index in [-0.39, 0.29) is 23.3 Å². The quantitative estimate of drug-likeness (QED) is 0.766. The highest BCUT2D eigenvalue weighted by Crippen LogP contribution is 2.36. The number of rotatable bonds is 5. The van der Waals surface area contributed by atoms with Crippen LogP contribution in [0.15, 0.2) is 23.1 Å². The summed E-state index contributed by atoms with van der Waals surface area (Å²) >= 11 is 5.56. The van der Waals surface area contributed by atoms with Gasteiger partial charge >= 0.3 is 6.18 Å². The third kappa shape index (κ3) is 5.04. The smallest absolute Gasteiger partial charge is 0.314 e. The molecule has 4 nitrogen and oxygen atoms in total. The van der Waals surface area contributed by atoms with E-state index in [1.807, 2.05) is 0 Å². The number of halogens is 5. The molecule has 1 aromatic rings. The number of sulfonamides is 1. The fourth-order valence-electron chi connectivity index (χ4n) is 2.99. The number of piperidine rings is 1. The highest BCUT2D eigenvalue weighted by atomic mass is 35.5. The Labute approximate surface area is 162 Å². The maximum Gasteiger partial charge on any atom is 0.417 e. The van der Waals surface area contributed by atoms with Gasteiger partial charge in [-0.3, -0.25) is 0 Å². The highest BCUT2D eigenvalue weighted by Gasteiger charge is 2.36. The van der Waals surface area contributed by atoms with E-state index in [4.69, 9.17) is 11.6 Å². The molecule has 148 valence electrons. The number of alkyl halides is 3. The number of hydrogen-bond donors (Lipinski definition) is 1. The largest absolute Gasteiger partial charge is 0.417 e. The summed E-state index contributed by atoms with van der Waals surface area (Å²) in [5.74, 6) is 0.747. The van der Waals surface area contributed by atoms with Crippen molar-refractivity contribution >= 4 is 34.0 Å². The Morgan fingerprint density at radius 1 is 1.15 bits per heavy atom. The number of nitrogens with one attached hydrogen (secondary N) is 1. The van der Waals surface area contributed by atoms with Crippen molar-refractivity contribution in [2.75, 3.05) is 19.6 Å². The number of benzene rings is 1. The normalized spacial score (nSPS) is 20.0. The van der Waals surface area contributed by atoms with Gasteiger partial charge in [-0.2, -0.15) is 17.5 Å². The van der Waals surface area contributed by atoms with E-state index in [0.717, 1.165) is 24.6 Å². The molecule has 0 atom stereocenters. The van der Waals surface area contributed by atoms with E-state index in [1.165, 1.54) is 17.1 Å². The Kier molecular flexibility index (Phi) is 6.88. The van der Waals surface area contributed by atoms with Crippen molar-refractivity contribution in [1.29, 1.82) is 0 Å². The molecule has 2 fully saturated rings. The third-order valence-electron chi connectivity index (χ3n) is 4.73. The predicted molar refractivity (Wildman–Crippen MR) is 96.2 cm³/mol. The molecule has 1 aliphatic carbocycles. The van der Waals surface area contributed by atoms with Crippen molar-refractivity contribution in [3.05, 3.63) is 28.8 Å². The molecule has 2 aliphatic rings. The van der Waals surface area contributed by atoms with Gasteiger partial charge in [-0.25, -0.2) is 8.42 Å². The Balaban J connectivity index is 0.00000243. The lowest BCUT2D eigenvalue weighted by molar-refractivity contribution is -0.137. The molecule has 0 amide bonds. The summed E-state index contributed by atoms with van der Waals surface area (Å²) in [4.78, 5) is -0.367. The van der Waals surface area contributed by atoms with Crippen molar-refractivity contribution in [2.24, 2.45) is 5.92 Å². The first-order valence-corrected chi connectivity index (χ1v) is 10.1. The lowest BCUT2D eigenvalue weighted by Gasteiger charge is -2.32. The maximum atomic E-state index is 13.0. The van der Waals surface area contributed by atoms with E-state index in [9.17, 15) is 21.6 Å². The monoisotopic (exact) mass is 432 g/mol. The van der Waals surface area contributed by atoms with Gasteiger partial charge in [-0.15, -0.1) is 12.4 Å². The fraction of sp³-hybridized carbons (Fsp3) is 0.625. The van der Waals surface area contributed by atoms with Crippen molar-refractivity contribution in [1.82, 2.24) is 9.62 Å². The number of nitrogens with zero attached hydrogens (tertiary/aromatic N) is 1. The Hall–Kier alpha value is -0.540. The first-order valence-electron chi connectivity index (χ1n) is 8.28. The molecule has 10 heteroatoms. The summed E-state index contributed by atoms with van der Waals surface area (Å²) in [6.07, 6.45) is -0.879. The zero-order chi connectivity index (χ0) is 18.2. The van der Waals surface area contributed by atoms with E-state index in [0.29, 0.717) is 32.0 Å². The van der Waals surface area contributed by atoms with Crippen LogP contribution in [0, 0.1) is 5.92 Å². The average molecular weight is 433 g/mol. The van der Waals surface area contributed by atoms with Crippen LogP contribution < -0.4 is 5.32 Å². The van der Waals surface area contributed by atoms with Crippen LogP contribution in [0.25, 0.3) is 0 Å².